The highest BCUT2D eigenvalue weighted by molar-refractivity contribution is 6.30. The van der Waals surface area contributed by atoms with E-state index in [0.29, 0.717) is 28.5 Å². The van der Waals surface area contributed by atoms with Crippen LogP contribution in [0.2, 0.25) is 5.02 Å². The van der Waals surface area contributed by atoms with Crippen LogP contribution >= 0.6 is 11.6 Å². The lowest BCUT2D eigenvalue weighted by Gasteiger charge is -2.07. The lowest BCUT2D eigenvalue weighted by Crippen LogP contribution is -2.17. The summed E-state index contributed by atoms with van der Waals surface area (Å²) in [6.07, 6.45) is 1.27. The average Bonchev–Trinajstić information content (AvgIpc) is 2.69. The monoisotopic (exact) mass is 382 g/mol. The van der Waals surface area contributed by atoms with Gasteiger partial charge in [0.05, 0.1) is 6.21 Å². The maximum Gasteiger partial charge on any atom is 0.271 e. The van der Waals surface area contributed by atoms with Crippen molar-refractivity contribution in [3.63, 3.8) is 0 Å². The van der Waals surface area contributed by atoms with Gasteiger partial charge in [-0.15, -0.1) is 0 Å². The molecule has 3 rings (SSSR count). The van der Waals surface area contributed by atoms with E-state index < -0.39 is 5.82 Å². The van der Waals surface area contributed by atoms with Crippen LogP contribution in [0.5, 0.6) is 5.75 Å². The van der Waals surface area contributed by atoms with Gasteiger partial charge in [0.25, 0.3) is 5.91 Å². The molecule has 0 aliphatic rings. The minimum absolute atomic E-state index is 0.299. The molecular formula is C21H16ClFN2O2. The molecule has 0 atom stereocenters. The van der Waals surface area contributed by atoms with Crippen LogP contribution in [0.25, 0.3) is 0 Å². The average molecular weight is 383 g/mol. The first kappa shape index (κ1) is 18.6. The van der Waals surface area contributed by atoms with Crippen molar-refractivity contribution in [2.75, 3.05) is 0 Å². The molecule has 1 N–H and O–H groups in total. The predicted octanol–water partition coefficient (Wildman–Crippen LogP) is 4.82. The highest BCUT2D eigenvalue weighted by Crippen LogP contribution is 2.17. The van der Waals surface area contributed by atoms with Crippen molar-refractivity contribution >= 4 is 23.7 Å². The molecule has 3 aromatic rings. The first-order valence-electron chi connectivity index (χ1n) is 8.17. The molecular weight excluding hydrogens is 367 g/mol. The van der Waals surface area contributed by atoms with Crippen molar-refractivity contribution in [2.24, 2.45) is 5.10 Å². The first-order chi connectivity index (χ1) is 13.1. The molecule has 0 aromatic heterocycles. The zero-order valence-corrected chi connectivity index (χ0v) is 15.0. The van der Waals surface area contributed by atoms with Crippen LogP contribution in [0.15, 0.2) is 77.9 Å². The van der Waals surface area contributed by atoms with Gasteiger partial charge < -0.3 is 4.74 Å². The number of nitrogens with one attached hydrogen (secondary N) is 1. The fraction of sp³-hybridized carbons (Fsp3) is 0.0476. The Bertz CT molecular complexity index is 941. The molecule has 0 aliphatic heterocycles. The Hall–Kier alpha value is -3.18. The van der Waals surface area contributed by atoms with Gasteiger partial charge in [-0.1, -0.05) is 41.9 Å². The number of carbonyl (C=O) groups excluding carboxylic acids is 1. The van der Waals surface area contributed by atoms with Gasteiger partial charge in [0.15, 0.2) is 0 Å². The highest BCUT2D eigenvalue weighted by atomic mass is 35.5. The molecule has 0 fully saturated rings. The summed E-state index contributed by atoms with van der Waals surface area (Å²) in [5.74, 6) is -0.0722. The smallest absolute Gasteiger partial charge is 0.271 e. The molecule has 0 saturated heterocycles. The number of ether oxygens (including phenoxy) is 1. The van der Waals surface area contributed by atoms with Crippen LogP contribution in [-0.2, 0) is 6.61 Å². The molecule has 0 saturated carbocycles. The van der Waals surface area contributed by atoms with Crippen LogP contribution in [0.1, 0.15) is 21.5 Å². The molecule has 0 radical (unpaired) electrons. The van der Waals surface area contributed by atoms with E-state index >= 15 is 0 Å². The van der Waals surface area contributed by atoms with E-state index in [-0.39, 0.29) is 5.91 Å². The van der Waals surface area contributed by atoms with Crippen molar-refractivity contribution in [1.29, 1.82) is 0 Å². The van der Waals surface area contributed by atoms with Crippen LogP contribution < -0.4 is 10.2 Å². The highest BCUT2D eigenvalue weighted by Gasteiger charge is 2.05. The quantitative estimate of drug-likeness (QED) is 0.490. The molecule has 3 aromatic carbocycles. The molecule has 4 nitrogen and oxygen atoms in total. The van der Waals surface area contributed by atoms with Crippen LogP contribution in [0.3, 0.4) is 0 Å². The Morgan fingerprint density at radius 1 is 1.04 bits per heavy atom. The van der Waals surface area contributed by atoms with E-state index in [4.69, 9.17) is 16.3 Å². The maximum atomic E-state index is 13.5. The topological polar surface area (TPSA) is 50.7 Å². The van der Waals surface area contributed by atoms with Gasteiger partial charge >= 0.3 is 0 Å². The van der Waals surface area contributed by atoms with Crippen molar-refractivity contribution < 1.29 is 13.9 Å². The number of carbonyl (C=O) groups is 1. The van der Waals surface area contributed by atoms with E-state index in [9.17, 15) is 9.18 Å². The number of benzene rings is 3. The Kier molecular flexibility index (Phi) is 6.18. The Balaban J connectivity index is 1.54. The second-order valence-corrected chi connectivity index (χ2v) is 6.10. The summed E-state index contributed by atoms with van der Waals surface area (Å²) in [6, 6.07) is 20.2. The number of amides is 1. The van der Waals surface area contributed by atoms with Gasteiger partial charge in [-0.05, 0) is 48.0 Å². The van der Waals surface area contributed by atoms with Crippen molar-refractivity contribution in [2.45, 2.75) is 6.61 Å². The number of hydrogen-bond donors (Lipinski definition) is 1. The lowest BCUT2D eigenvalue weighted by molar-refractivity contribution is 0.0955. The maximum absolute atomic E-state index is 13.5. The van der Waals surface area contributed by atoms with Crippen LogP contribution in [0, 0.1) is 5.82 Å². The van der Waals surface area contributed by atoms with Gasteiger partial charge in [0, 0.05) is 16.1 Å². The second kappa shape index (κ2) is 8.96. The Morgan fingerprint density at radius 3 is 2.44 bits per heavy atom. The molecule has 0 spiro atoms. The molecule has 0 bridgehead atoms. The molecule has 0 heterocycles. The Labute approximate surface area is 161 Å². The molecule has 6 heteroatoms. The summed E-state index contributed by atoms with van der Waals surface area (Å²) < 4.78 is 19.1. The Morgan fingerprint density at radius 2 is 1.74 bits per heavy atom. The third-order valence-corrected chi connectivity index (χ3v) is 3.96. The summed E-state index contributed by atoms with van der Waals surface area (Å²) in [4.78, 5) is 12.1. The standard InChI is InChI=1S/C21H16ClFN2O2/c22-18-9-11-19(12-10-18)27-14-15-5-7-16(8-6-15)21(26)25-24-13-17-3-1-2-4-20(17)23/h1-13H,14H2,(H,25,26)/b24-13-. The van der Waals surface area contributed by atoms with Crippen molar-refractivity contribution in [3.05, 3.63) is 100 Å². The van der Waals surface area contributed by atoms with Crippen LogP contribution in [0.4, 0.5) is 4.39 Å². The van der Waals surface area contributed by atoms with E-state index in [1.807, 2.05) is 0 Å². The number of hydrogen-bond acceptors (Lipinski definition) is 3. The number of hydrazone groups is 1. The van der Waals surface area contributed by atoms with E-state index in [1.165, 1.54) is 12.3 Å². The van der Waals surface area contributed by atoms with Gasteiger partial charge in [-0.3, -0.25) is 4.79 Å². The summed E-state index contributed by atoms with van der Waals surface area (Å²) in [7, 11) is 0. The zero-order valence-electron chi connectivity index (χ0n) is 14.2. The first-order valence-corrected chi connectivity index (χ1v) is 8.55. The van der Waals surface area contributed by atoms with E-state index in [2.05, 4.69) is 10.5 Å². The molecule has 27 heavy (non-hydrogen) atoms. The van der Waals surface area contributed by atoms with E-state index in [1.54, 1.807) is 66.7 Å². The fourth-order valence-electron chi connectivity index (χ4n) is 2.25. The summed E-state index contributed by atoms with van der Waals surface area (Å²) in [6.45, 7) is 0.370. The van der Waals surface area contributed by atoms with Gasteiger partial charge in [-0.25, -0.2) is 9.82 Å². The van der Waals surface area contributed by atoms with Crippen molar-refractivity contribution in [3.8, 4) is 5.75 Å². The number of halogens is 2. The van der Waals surface area contributed by atoms with E-state index in [0.717, 1.165) is 5.56 Å². The molecule has 136 valence electrons. The SMILES string of the molecule is O=C(N/N=C\c1ccccc1F)c1ccc(COc2ccc(Cl)cc2)cc1. The molecule has 0 aliphatic carbocycles. The van der Waals surface area contributed by atoms with Gasteiger partial charge in [0.1, 0.15) is 18.2 Å². The largest absolute Gasteiger partial charge is 0.489 e. The van der Waals surface area contributed by atoms with Gasteiger partial charge in [0.2, 0.25) is 0 Å². The van der Waals surface area contributed by atoms with Gasteiger partial charge in [-0.2, -0.15) is 5.10 Å². The minimum atomic E-state index is -0.402. The number of rotatable bonds is 6. The molecule has 0 unspecified atom stereocenters. The third kappa shape index (κ3) is 5.39. The summed E-state index contributed by atoms with van der Waals surface area (Å²) in [5, 5.41) is 4.43. The summed E-state index contributed by atoms with van der Waals surface area (Å²) >= 11 is 5.83. The summed E-state index contributed by atoms with van der Waals surface area (Å²) in [5.41, 5.74) is 4.03. The van der Waals surface area contributed by atoms with Crippen LogP contribution in [-0.4, -0.2) is 12.1 Å². The fourth-order valence-corrected chi connectivity index (χ4v) is 2.38. The third-order valence-electron chi connectivity index (χ3n) is 3.71. The predicted molar refractivity (Wildman–Crippen MR) is 104 cm³/mol. The lowest BCUT2D eigenvalue weighted by atomic mass is 10.1. The normalized spacial score (nSPS) is 10.7. The zero-order chi connectivity index (χ0) is 19.1. The second-order valence-electron chi connectivity index (χ2n) is 5.66. The molecule has 1 amide bonds. The van der Waals surface area contributed by atoms with Crippen molar-refractivity contribution in [1.82, 2.24) is 5.43 Å². The number of nitrogens with zero attached hydrogens (tertiary/aromatic N) is 1. The minimum Gasteiger partial charge on any atom is -0.489 e.